The molecule has 1 saturated heterocycles. The Kier molecular flexibility index (Phi) is 6.66. The number of piperidine rings is 1. The highest BCUT2D eigenvalue weighted by molar-refractivity contribution is 4.74. The van der Waals surface area contributed by atoms with E-state index in [-0.39, 0.29) is 0 Å². The lowest BCUT2D eigenvalue weighted by Crippen LogP contribution is -2.39. The van der Waals surface area contributed by atoms with Crippen LogP contribution in [0.3, 0.4) is 0 Å². The van der Waals surface area contributed by atoms with Gasteiger partial charge in [-0.25, -0.2) is 0 Å². The van der Waals surface area contributed by atoms with Crippen molar-refractivity contribution in [3.8, 4) is 0 Å². The standard InChI is InChI=1S/C17H34N2/c1-15-7-9-17(10-8-15)14-18-11-5-13-19-12-4-3-6-16(19)2/h15-18H,3-14H2,1-2H3. The van der Waals surface area contributed by atoms with E-state index >= 15 is 0 Å². The predicted molar refractivity (Wildman–Crippen MR) is 83.5 cm³/mol. The van der Waals surface area contributed by atoms with Gasteiger partial charge in [-0.3, -0.25) is 0 Å². The molecule has 1 atom stereocenters. The summed E-state index contributed by atoms with van der Waals surface area (Å²) in [7, 11) is 0. The molecule has 0 aromatic rings. The third kappa shape index (κ3) is 5.43. The molecule has 2 aliphatic rings. The maximum absolute atomic E-state index is 3.70. The maximum atomic E-state index is 3.70. The Bertz CT molecular complexity index is 233. The normalized spacial score (nSPS) is 33.5. The number of hydrogen-bond acceptors (Lipinski definition) is 2. The van der Waals surface area contributed by atoms with Gasteiger partial charge in [0, 0.05) is 6.04 Å². The first-order chi connectivity index (χ1) is 9.25. The lowest BCUT2D eigenvalue weighted by Gasteiger charge is -2.33. The molecular weight excluding hydrogens is 232 g/mol. The van der Waals surface area contributed by atoms with Gasteiger partial charge in [0.2, 0.25) is 0 Å². The van der Waals surface area contributed by atoms with Crippen molar-refractivity contribution in [2.75, 3.05) is 26.2 Å². The summed E-state index contributed by atoms with van der Waals surface area (Å²) in [6, 6.07) is 0.827. The molecule has 1 aliphatic heterocycles. The van der Waals surface area contributed by atoms with Crippen LogP contribution in [0.2, 0.25) is 0 Å². The van der Waals surface area contributed by atoms with Gasteiger partial charge >= 0.3 is 0 Å². The summed E-state index contributed by atoms with van der Waals surface area (Å²) >= 11 is 0. The van der Waals surface area contributed by atoms with Gasteiger partial charge in [-0.2, -0.15) is 0 Å². The lowest BCUT2D eigenvalue weighted by atomic mass is 9.83. The molecule has 1 aliphatic carbocycles. The van der Waals surface area contributed by atoms with Gasteiger partial charge in [-0.15, -0.1) is 0 Å². The first-order valence-electron chi connectivity index (χ1n) is 8.70. The van der Waals surface area contributed by atoms with Gasteiger partial charge in [0.25, 0.3) is 0 Å². The monoisotopic (exact) mass is 266 g/mol. The molecule has 0 amide bonds. The van der Waals surface area contributed by atoms with E-state index in [1.807, 2.05) is 0 Å². The molecule has 2 rings (SSSR count). The number of nitrogens with one attached hydrogen (secondary N) is 1. The van der Waals surface area contributed by atoms with Gasteiger partial charge in [0.15, 0.2) is 0 Å². The van der Waals surface area contributed by atoms with Crippen molar-refractivity contribution in [2.45, 2.75) is 71.3 Å². The van der Waals surface area contributed by atoms with Crippen LogP contribution in [0.5, 0.6) is 0 Å². The van der Waals surface area contributed by atoms with Crippen molar-refractivity contribution in [3.63, 3.8) is 0 Å². The fourth-order valence-corrected chi connectivity index (χ4v) is 3.74. The van der Waals surface area contributed by atoms with Gasteiger partial charge in [-0.1, -0.05) is 26.2 Å². The Labute approximate surface area is 120 Å². The van der Waals surface area contributed by atoms with E-state index in [0.29, 0.717) is 0 Å². The number of likely N-dealkylation sites (tertiary alicyclic amines) is 1. The predicted octanol–water partition coefficient (Wildman–Crippen LogP) is 3.67. The fourth-order valence-electron chi connectivity index (χ4n) is 3.74. The largest absolute Gasteiger partial charge is 0.316 e. The van der Waals surface area contributed by atoms with E-state index < -0.39 is 0 Å². The van der Waals surface area contributed by atoms with Crippen molar-refractivity contribution in [1.82, 2.24) is 10.2 Å². The number of hydrogen-bond donors (Lipinski definition) is 1. The van der Waals surface area contributed by atoms with Gasteiger partial charge in [0.1, 0.15) is 0 Å². The molecule has 0 aromatic carbocycles. The zero-order chi connectivity index (χ0) is 13.5. The SMILES string of the molecule is CC1CCC(CNCCCN2CCCCC2C)CC1. The summed E-state index contributed by atoms with van der Waals surface area (Å²) in [6.45, 7) is 9.92. The lowest BCUT2D eigenvalue weighted by molar-refractivity contribution is 0.158. The Morgan fingerprint density at radius 3 is 2.53 bits per heavy atom. The van der Waals surface area contributed by atoms with Crippen LogP contribution in [-0.2, 0) is 0 Å². The maximum Gasteiger partial charge on any atom is 0.00669 e. The number of rotatable bonds is 6. The molecule has 1 unspecified atom stereocenters. The van der Waals surface area contributed by atoms with E-state index in [0.717, 1.165) is 17.9 Å². The van der Waals surface area contributed by atoms with Crippen LogP contribution >= 0.6 is 0 Å². The summed E-state index contributed by atoms with van der Waals surface area (Å²) in [4.78, 5) is 2.69. The summed E-state index contributed by atoms with van der Waals surface area (Å²) in [5.41, 5.74) is 0. The van der Waals surface area contributed by atoms with Gasteiger partial charge in [0.05, 0.1) is 0 Å². The molecule has 2 nitrogen and oxygen atoms in total. The minimum Gasteiger partial charge on any atom is -0.316 e. The number of nitrogens with zero attached hydrogens (tertiary/aromatic N) is 1. The second-order valence-electron chi connectivity index (χ2n) is 7.06. The average Bonchev–Trinajstić information content (AvgIpc) is 2.42. The molecular formula is C17H34N2. The summed E-state index contributed by atoms with van der Waals surface area (Å²) in [6.07, 6.45) is 11.4. The van der Waals surface area contributed by atoms with Gasteiger partial charge in [-0.05, 0) is 77.0 Å². The minimum absolute atomic E-state index is 0.827. The van der Waals surface area contributed by atoms with Gasteiger partial charge < -0.3 is 10.2 Å². The van der Waals surface area contributed by atoms with Crippen LogP contribution < -0.4 is 5.32 Å². The van der Waals surface area contributed by atoms with E-state index in [1.165, 1.54) is 77.5 Å². The van der Waals surface area contributed by atoms with Crippen LogP contribution in [-0.4, -0.2) is 37.1 Å². The Morgan fingerprint density at radius 1 is 1.00 bits per heavy atom. The molecule has 0 bridgehead atoms. The minimum atomic E-state index is 0.827. The molecule has 0 aromatic heterocycles. The first-order valence-corrected chi connectivity index (χ1v) is 8.70. The highest BCUT2D eigenvalue weighted by atomic mass is 15.2. The smallest absolute Gasteiger partial charge is 0.00669 e. The van der Waals surface area contributed by atoms with Crippen LogP contribution in [0.15, 0.2) is 0 Å². The van der Waals surface area contributed by atoms with Crippen molar-refractivity contribution in [1.29, 1.82) is 0 Å². The van der Waals surface area contributed by atoms with Crippen molar-refractivity contribution in [2.24, 2.45) is 11.8 Å². The van der Waals surface area contributed by atoms with E-state index in [4.69, 9.17) is 0 Å². The van der Waals surface area contributed by atoms with Crippen molar-refractivity contribution >= 4 is 0 Å². The molecule has 1 saturated carbocycles. The van der Waals surface area contributed by atoms with Crippen LogP contribution in [0.1, 0.15) is 65.2 Å². The Balaban J connectivity index is 1.48. The molecule has 1 heterocycles. The van der Waals surface area contributed by atoms with Crippen LogP contribution in [0, 0.1) is 11.8 Å². The second-order valence-corrected chi connectivity index (χ2v) is 7.06. The molecule has 2 heteroatoms. The second kappa shape index (κ2) is 8.26. The molecule has 1 N–H and O–H groups in total. The van der Waals surface area contributed by atoms with Crippen molar-refractivity contribution < 1.29 is 0 Å². The first kappa shape index (κ1) is 15.3. The zero-order valence-electron chi connectivity index (χ0n) is 13.2. The third-order valence-corrected chi connectivity index (χ3v) is 5.31. The van der Waals surface area contributed by atoms with E-state index in [2.05, 4.69) is 24.1 Å². The van der Waals surface area contributed by atoms with E-state index in [9.17, 15) is 0 Å². The van der Waals surface area contributed by atoms with Crippen LogP contribution in [0.4, 0.5) is 0 Å². The Hall–Kier alpha value is -0.0800. The summed E-state index contributed by atoms with van der Waals surface area (Å²) in [5.74, 6) is 1.95. The summed E-state index contributed by atoms with van der Waals surface area (Å²) in [5, 5.41) is 3.70. The third-order valence-electron chi connectivity index (χ3n) is 5.31. The highest BCUT2D eigenvalue weighted by Gasteiger charge is 2.18. The quantitative estimate of drug-likeness (QED) is 0.738. The topological polar surface area (TPSA) is 15.3 Å². The molecule has 0 radical (unpaired) electrons. The molecule has 0 spiro atoms. The Morgan fingerprint density at radius 2 is 1.79 bits per heavy atom. The molecule has 2 fully saturated rings. The molecule has 19 heavy (non-hydrogen) atoms. The summed E-state index contributed by atoms with van der Waals surface area (Å²) < 4.78 is 0. The highest BCUT2D eigenvalue weighted by Crippen LogP contribution is 2.27. The zero-order valence-corrected chi connectivity index (χ0v) is 13.2. The molecule has 112 valence electrons. The van der Waals surface area contributed by atoms with E-state index in [1.54, 1.807) is 0 Å². The fraction of sp³-hybridized carbons (Fsp3) is 1.00. The van der Waals surface area contributed by atoms with Crippen LogP contribution in [0.25, 0.3) is 0 Å². The van der Waals surface area contributed by atoms with Crippen molar-refractivity contribution in [3.05, 3.63) is 0 Å². The average molecular weight is 266 g/mol.